The van der Waals surface area contributed by atoms with Crippen molar-refractivity contribution in [2.75, 3.05) is 0 Å². The Kier molecular flexibility index (Phi) is 5.42. The highest BCUT2D eigenvalue weighted by molar-refractivity contribution is 9.11. The fourth-order valence-electron chi connectivity index (χ4n) is 2.94. The Morgan fingerprint density at radius 3 is 2.25 bits per heavy atom. The van der Waals surface area contributed by atoms with E-state index in [0.717, 1.165) is 16.6 Å². The monoisotopic (exact) mass is 352 g/mol. The van der Waals surface area contributed by atoms with Crippen LogP contribution >= 0.6 is 27.3 Å². The van der Waals surface area contributed by atoms with Gasteiger partial charge in [0.1, 0.15) is 0 Å². The average Bonchev–Trinajstić information content (AvgIpc) is 2.87. The molecule has 108 valence electrons. The topological polar surface area (TPSA) is 20.2 Å². The molecule has 0 aliphatic carbocycles. The van der Waals surface area contributed by atoms with Gasteiger partial charge in [-0.2, -0.15) is 0 Å². The molecule has 0 saturated heterocycles. The number of halogens is 1. The van der Waals surface area contributed by atoms with E-state index in [1.165, 1.54) is 10.4 Å². The Balaban J connectivity index is 2.28. The highest BCUT2D eigenvalue weighted by Gasteiger charge is 2.36. The van der Waals surface area contributed by atoms with Gasteiger partial charge in [0, 0.05) is 16.7 Å². The second kappa shape index (κ2) is 6.88. The maximum Gasteiger partial charge on any atom is 0.0701 e. The molecule has 3 heteroatoms. The minimum atomic E-state index is -0.356. The third-order valence-corrected chi connectivity index (χ3v) is 5.92. The average molecular weight is 353 g/mol. The van der Waals surface area contributed by atoms with Crippen LogP contribution in [0, 0.1) is 0 Å². The lowest BCUT2D eigenvalue weighted by molar-refractivity contribution is 0.0740. The molecule has 0 spiro atoms. The van der Waals surface area contributed by atoms with Gasteiger partial charge in [-0.3, -0.25) is 0 Å². The molecule has 20 heavy (non-hydrogen) atoms. The molecular formula is C17H21BrOS. The van der Waals surface area contributed by atoms with Crippen molar-refractivity contribution in [3.05, 3.63) is 56.7 Å². The minimum absolute atomic E-state index is 0.155. The van der Waals surface area contributed by atoms with Gasteiger partial charge in [0.05, 0.1) is 9.89 Å². The molecule has 1 aromatic heterocycles. The van der Waals surface area contributed by atoms with Crippen LogP contribution in [0.1, 0.15) is 37.1 Å². The summed E-state index contributed by atoms with van der Waals surface area (Å²) in [6.07, 6.45) is 2.25. The van der Waals surface area contributed by atoms with Gasteiger partial charge in [-0.05, 0) is 46.5 Å². The highest BCUT2D eigenvalue weighted by Crippen LogP contribution is 2.37. The van der Waals surface area contributed by atoms with E-state index in [9.17, 15) is 5.11 Å². The molecule has 0 radical (unpaired) electrons. The first-order valence-electron chi connectivity index (χ1n) is 7.10. The van der Waals surface area contributed by atoms with Gasteiger partial charge >= 0.3 is 0 Å². The molecule has 0 saturated carbocycles. The van der Waals surface area contributed by atoms with Gasteiger partial charge in [0.15, 0.2) is 0 Å². The summed E-state index contributed by atoms with van der Waals surface area (Å²) < 4.78 is 1.12. The summed E-state index contributed by atoms with van der Waals surface area (Å²) in [7, 11) is 0. The van der Waals surface area contributed by atoms with Crippen LogP contribution in [0.4, 0.5) is 0 Å². The second-order valence-corrected chi connectivity index (χ2v) is 7.70. The first kappa shape index (κ1) is 15.7. The van der Waals surface area contributed by atoms with Crippen LogP contribution in [-0.4, -0.2) is 11.2 Å². The summed E-state index contributed by atoms with van der Waals surface area (Å²) in [5.74, 6) is 0. The predicted molar refractivity (Wildman–Crippen MR) is 90.4 cm³/mol. The van der Waals surface area contributed by atoms with Crippen molar-refractivity contribution in [3.8, 4) is 0 Å². The van der Waals surface area contributed by atoms with Gasteiger partial charge in [-0.15, -0.1) is 11.3 Å². The third kappa shape index (κ3) is 3.16. The lowest BCUT2D eigenvalue weighted by Gasteiger charge is -2.37. The summed E-state index contributed by atoms with van der Waals surface area (Å²) in [6.45, 7) is 4.34. The van der Waals surface area contributed by atoms with Crippen molar-refractivity contribution in [2.45, 2.75) is 44.6 Å². The molecular weight excluding hydrogens is 332 g/mol. The van der Waals surface area contributed by atoms with E-state index >= 15 is 0 Å². The van der Waals surface area contributed by atoms with Crippen LogP contribution in [0.3, 0.4) is 0 Å². The summed E-state index contributed by atoms with van der Waals surface area (Å²) in [4.78, 5) is 1.23. The number of hydrogen-bond donors (Lipinski definition) is 1. The van der Waals surface area contributed by atoms with Gasteiger partial charge in [0.25, 0.3) is 0 Å². The lowest BCUT2D eigenvalue weighted by Crippen LogP contribution is -2.39. The summed E-state index contributed by atoms with van der Waals surface area (Å²) in [5.41, 5.74) is 1.09. The molecule has 0 aliphatic heterocycles. The fourth-order valence-corrected chi connectivity index (χ4v) is 4.46. The second-order valence-electron chi connectivity index (χ2n) is 5.16. The van der Waals surface area contributed by atoms with Crippen LogP contribution in [-0.2, 0) is 11.8 Å². The smallest absolute Gasteiger partial charge is 0.0701 e. The molecule has 0 aliphatic rings. The molecule has 1 nitrogen and oxygen atoms in total. The van der Waals surface area contributed by atoms with Crippen molar-refractivity contribution in [2.24, 2.45) is 0 Å². The quantitative estimate of drug-likeness (QED) is 0.759. The maximum absolute atomic E-state index is 10.9. The van der Waals surface area contributed by atoms with E-state index < -0.39 is 0 Å². The van der Waals surface area contributed by atoms with Crippen LogP contribution in [0.25, 0.3) is 0 Å². The Bertz CT molecular complexity index is 531. The number of aliphatic hydroxyl groups excluding tert-OH is 1. The van der Waals surface area contributed by atoms with Crippen molar-refractivity contribution >= 4 is 27.3 Å². The summed E-state index contributed by atoms with van der Waals surface area (Å²) in [6, 6.07) is 14.6. The first-order valence-corrected chi connectivity index (χ1v) is 8.71. The van der Waals surface area contributed by atoms with E-state index in [2.05, 4.69) is 66.2 Å². The zero-order valence-corrected chi connectivity index (χ0v) is 14.4. The molecule has 1 atom stereocenters. The predicted octanol–water partition coefficient (Wildman–Crippen LogP) is 5.17. The number of rotatable bonds is 6. The molecule has 1 N–H and O–H groups in total. The molecule has 2 rings (SSSR count). The molecule has 0 bridgehead atoms. The molecule has 2 aromatic rings. The van der Waals surface area contributed by atoms with E-state index in [0.29, 0.717) is 6.42 Å². The minimum Gasteiger partial charge on any atom is -0.392 e. The van der Waals surface area contributed by atoms with Crippen molar-refractivity contribution in [3.63, 3.8) is 0 Å². The number of thiophene rings is 1. The largest absolute Gasteiger partial charge is 0.392 e. The first-order chi connectivity index (χ1) is 9.62. The zero-order valence-electron chi connectivity index (χ0n) is 12.0. The van der Waals surface area contributed by atoms with Crippen LogP contribution in [0.15, 0.2) is 46.3 Å². The molecule has 0 fully saturated rings. The van der Waals surface area contributed by atoms with Gasteiger partial charge in [-0.25, -0.2) is 0 Å². The lowest BCUT2D eigenvalue weighted by atomic mass is 9.70. The zero-order chi connectivity index (χ0) is 14.6. The summed E-state index contributed by atoms with van der Waals surface area (Å²) in [5, 5.41) is 10.9. The maximum atomic E-state index is 10.9. The molecule has 0 amide bonds. The number of benzene rings is 1. The molecule has 1 heterocycles. The van der Waals surface area contributed by atoms with E-state index in [4.69, 9.17) is 0 Å². The standard InChI is InChI=1S/C17H21BrOS/c1-3-17(4-2,13-8-6-5-7-9-13)15(19)12-14-10-11-16(18)20-14/h5-11,15,19H,3-4,12H2,1-2H3. The third-order valence-electron chi connectivity index (χ3n) is 4.27. The van der Waals surface area contributed by atoms with Crippen LogP contribution in [0.5, 0.6) is 0 Å². The Labute approximate surface area is 133 Å². The van der Waals surface area contributed by atoms with Gasteiger partial charge in [-0.1, -0.05) is 44.2 Å². The highest BCUT2D eigenvalue weighted by atomic mass is 79.9. The Morgan fingerprint density at radius 1 is 1.10 bits per heavy atom. The van der Waals surface area contributed by atoms with Gasteiger partial charge < -0.3 is 5.11 Å². The normalized spacial score (nSPS) is 13.4. The van der Waals surface area contributed by atoms with Crippen molar-refractivity contribution in [1.29, 1.82) is 0 Å². The number of aliphatic hydroxyl groups is 1. The number of hydrogen-bond acceptors (Lipinski definition) is 2. The fraction of sp³-hybridized carbons (Fsp3) is 0.412. The Hall–Kier alpha value is -0.640. The Morgan fingerprint density at radius 2 is 1.75 bits per heavy atom. The van der Waals surface area contributed by atoms with Crippen LogP contribution in [0.2, 0.25) is 0 Å². The van der Waals surface area contributed by atoms with E-state index in [-0.39, 0.29) is 11.5 Å². The summed E-state index contributed by atoms with van der Waals surface area (Å²) >= 11 is 5.19. The van der Waals surface area contributed by atoms with Crippen molar-refractivity contribution < 1.29 is 5.11 Å². The van der Waals surface area contributed by atoms with E-state index in [1.807, 2.05) is 6.07 Å². The van der Waals surface area contributed by atoms with Crippen LogP contribution < -0.4 is 0 Å². The van der Waals surface area contributed by atoms with Crippen molar-refractivity contribution in [1.82, 2.24) is 0 Å². The van der Waals surface area contributed by atoms with E-state index in [1.54, 1.807) is 11.3 Å². The molecule has 1 unspecified atom stereocenters. The molecule has 1 aromatic carbocycles. The van der Waals surface area contributed by atoms with Gasteiger partial charge in [0.2, 0.25) is 0 Å². The SMILES string of the molecule is CCC(CC)(c1ccccc1)C(O)Cc1ccc(Br)s1.